The highest BCUT2D eigenvalue weighted by molar-refractivity contribution is 6.30. The van der Waals surface area contributed by atoms with E-state index in [-0.39, 0.29) is 11.6 Å². The van der Waals surface area contributed by atoms with E-state index >= 15 is 0 Å². The van der Waals surface area contributed by atoms with Gasteiger partial charge in [-0.15, -0.1) is 0 Å². The second-order valence-electron chi connectivity index (χ2n) is 8.25. The maximum absolute atomic E-state index is 13.5. The van der Waals surface area contributed by atoms with Gasteiger partial charge in [-0.1, -0.05) is 86.6 Å². The average Bonchev–Trinajstić information content (AvgIpc) is 2.86. The number of hydrogen-bond acceptors (Lipinski definition) is 2. The lowest BCUT2D eigenvalue weighted by molar-refractivity contribution is 0.0979. The van der Waals surface area contributed by atoms with Crippen molar-refractivity contribution in [3.8, 4) is 22.3 Å². The summed E-state index contributed by atoms with van der Waals surface area (Å²) in [6, 6.07) is 27.8. The maximum Gasteiger partial charge on any atom is 0.195 e. The molecule has 1 aliphatic carbocycles. The van der Waals surface area contributed by atoms with Crippen LogP contribution in [0.5, 0.6) is 0 Å². The van der Waals surface area contributed by atoms with Crippen LogP contribution in [-0.2, 0) is 12.8 Å². The molecule has 1 aliphatic rings. The summed E-state index contributed by atoms with van der Waals surface area (Å²) in [5.74, 6) is -0.175. The zero-order valence-corrected chi connectivity index (χ0v) is 18.3. The van der Waals surface area contributed by atoms with Gasteiger partial charge >= 0.3 is 0 Å². The Kier molecular flexibility index (Phi) is 5.07. The number of rotatable bonds is 4. The van der Waals surface area contributed by atoms with Gasteiger partial charge in [0, 0.05) is 22.3 Å². The lowest BCUT2D eigenvalue weighted by atomic mass is 9.79. The van der Waals surface area contributed by atoms with E-state index < -0.39 is 0 Å². The van der Waals surface area contributed by atoms with E-state index in [9.17, 15) is 9.59 Å². The molecule has 156 valence electrons. The lowest BCUT2D eigenvalue weighted by Crippen LogP contribution is -2.22. The number of carbonyl (C=O) groups is 2. The van der Waals surface area contributed by atoms with E-state index in [1.54, 1.807) is 12.1 Å². The van der Waals surface area contributed by atoms with Crippen molar-refractivity contribution in [2.24, 2.45) is 0 Å². The van der Waals surface area contributed by atoms with Crippen LogP contribution >= 0.6 is 0 Å². The molecule has 0 fully saturated rings. The van der Waals surface area contributed by atoms with Gasteiger partial charge in [-0.05, 0) is 58.4 Å². The molecule has 0 radical (unpaired) electrons. The highest BCUT2D eigenvalue weighted by atomic mass is 16.1. The average molecular weight is 417 g/mol. The maximum atomic E-state index is 13.5. The first-order chi connectivity index (χ1) is 15.6. The molecule has 0 amide bonds. The molecule has 0 aromatic heterocycles. The summed E-state index contributed by atoms with van der Waals surface area (Å²) >= 11 is 0. The SMILES string of the molecule is CCc1ccc(-c2cc3c(c(-c4ccc(CC)cc4)c2)C(=O)c2ccccc2C3=O)cc1. The van der Waals surface area contributed by atoms with Crippen molar-refractivity contribution < 1.29 is 9.59 Å². The molecule has 32 heavy (non-hydrogen) atoms. The van der Waals surface area contributed by atoms with Crippen molar-refractivity contribution in [2.75, 3.05) is 0 Å². The Morgan fingerprint density at radius 1 is 0.500 bits per heavy atom. The molecule has 0 N–H and O–H groups in total. The van der Waals surface area contributed by atoms with E-state index in [2.05, 4.69) is 68.4 Å². The summed E-state index contributed by atoms with van der Waals surface area (Å²) in [6.45, 7) is 4.25. The Labute approximate surface area is 188 Å². The third kappa shape index (κ3) is 3.29. The van der Waals surface area contributed by atoms with Gasteiger partial charge in [-0.3, -0.25) is 9.59 Å². The summed E-state index contributed by atoms with van der Waals surface area (Å²) in [6.07, 6.45) is 1.93. The van der Waals surface area contributed by atoms with Crippen molar-refractivity contribution in [1.29, 1.82) is 0 Å². The van der Waals surface area contributed by atoms with Crippen LogP contribution in [0.15, 0.2) is 84.9 Å². The summed E-state index contributed by atoms with van der Waals surface area (Å²) in [5.41, 5.74) is 8.21. The quantitative estimate of drug-likeness (QED) is 0.319. The largest absolute Gasteiger partial charge is 0.289 e. The van der Waals surface area contributed by atoms with E-state index in [0.717, 1.165) is 35.1 Å². The third-order valence-corrected chi connectivity index (χ3v) is 6.40. The molecule has 0 bridgehead atoms. The summed E-state index contributed by atoms with van der Waals surface area (Å²) in [4.78, 5) is 27.0. The Morgan fingerprint density at radius 3 is 1.56 bits per heavy atom. The number of fused-ring (bicyclic) bond motifs is 2. The predicted octanol–water partition coefficient (Wildman–Crippen LogP) is 6.92. The Morgan fingerprint density at radius 2 is 1.00 bits per heavy atom. The summed E-state index contributed by atoms with van der Waals surface area (Å²) in [5, 5.41) is 0. The molecule has 4 aromatic carbocycles. The van der Waals surface area contributed by atoms with E-state index in [1.165, 1.54) is 11.1 Å². The topological polar surface area (TPSA) is 34.1 Å². The molecule has 0 saturated heterocycles. The second kappa shape index (κ2) is 8.05. The molecular weight excluding hydrogens is 392 g/mol. The zero-order chi connectivity index (χ0) is 22.2. The van der Waals surface area contributed by atoms with Crippen molar-refractivity contribution in [3.63, 3.8) is 0 Å². The summed E-state index contributed by atoms with van der Waals surface area (Å²) in [7, 11) is 0. The van der Waals surface area contributed by atoms with Crippen LogP contribution in [0, 0.1) is 0 Å². The van der Waals surface area contributed by atoms with Crippen LogP contribution in [0.1, 0.15) is 56.8 Å². The number of hydrogen-bond donors (Lipinski definition) is 0. The van der Waals surface area contributed by atoms with Crippen molar-refractivity contribution in [1.82, 2.24) is 0 Å². The van der Waals surface area contributed by atoms with Gasteiger partial charge in [0.15, 0.2) is 11.6 Å². The fourth-order valence-electron chi connectivity index (χ4n) is 4.47. The second-order valence-corrected chi connectivity index (χ2v) is 8.25. The van der Waals surface area contributed by atoms with Crippen LogP contribution < -0.4 is 0 Å². The standard InChI is InChI=1S/C30H24O2/c1-3-19-9-13-21(14-10-19)23-17-26(22-15-11-20(4-2)12-16-22)28-27(18-23)29(31)24-7-5-6-8-25(24)30(28)32/h5-18H,3-4H2,1-2H3. The highest BCUT2D eigenvalue weighted by Gasteiger charge is 2.32. The van der Waals surface area contributed by atoms with Crippen LogP contribution in [0.25, 0.3) is 22.3 Å². The highest BCUT2D eigenvalue weighted by Crippen LogP contribution is 2.38. The fraction of sp³-hybridized carbons (Fsp3) is 0.133. The molecule has 0 unspecified atom stereocenters. The van der Waals surface area contributed by atoms with Crippen molar-refractivity contribution in [2.45, 2.75) is 26.7 Å². The van der Waals surface area contributed by atoms with Gasteiger partial charge in [0.1, 0.15) is 0 Å². The van der Waals surface area contributed by atoms with Crippen LogP contribution in [0.3, 0.4) is 0 Å². The molecule has 0 spiro atoms. The van der Waals surface area contributed by atoms with Crippen LogP contribution in [0.2, 0.25) is 0 Å². The van der Waals surface area contributed by atoms with Gasteiger partial charge in [0.2, 0.25) is 0 Å². The molecular formula is C30H24O2. The van der Waals surface area contributed by atoms with Gasteiger partial charge < -0.3 is 0 Å². The van der Waals surface area contributed by atoms with Crippen molar-refractivity contribution >= 4 is 11.6 Å². The molecule has 0 atom stereocenters. The van der Waals surface area contributed by atoms with Gasteiger partial charge in [0.05, 0.1) is 0 Å². The number of carbonyl (C=O) groups excluding carboxylic acids is 2. The monoisotopic (exact) mass is 416 g/mol. The molecule has 4 aromatic rings. The van der Waals surface area contributed by atoms with Gasteiger partial charge in [0.25, 0.3) is 0 Å². The molecule has 5 rings (SSSR count). The van der Waals surface area contributed by atoms with Crippen LogP contribution in [0.4, 0.5) is 0 Å². The number of aryl methyl sites for hydroxylation is 2. The van der Waals surface area contributed by atoms with E-state index in [0.29, 0.717) is 22.3 Å². The number of benzene rings is 4. The molecule has 2 heteroatoms. The lowest BCUT2D eigenvalue weighted by Gasteiger charge is -2.22. The van der Waals surface area contributed by atoms with E-state index in [4.69, 9.17) is 0 Å². The predicted molar refractivity (Wildman–Crippen MR) is 129 cm³/mol. The first-order valence-electron chi connectivity index (χ1n) is 11.2. The minimum absolute atomic E-state index is 0.0855. The summed E-state index contributed by atoms with van der Waals surface area (Å²) < 4.78 is 0. The molecule has 2 nitrogen and oxygen atoms in total. The van der Waals surface area contributed by atoms with Gasteiger partial charge in [-0.2, -0.15) is 0 Å². The third-order valence-electron chi connectivity index (χ3n) is 6.40. The first-order valence-corrected chi connectivity index (χ1v) is 11.2. The fourth-order valence-corrected chi connectivity index (χ4v) is 4.47. The Balaban J connectivity index is 1.76. The normalized spacial score (nSPS) is 12.4. The molecule has 0 saturated carbocycles. The van der Waals surface area contributed by atoms with E-state index in [1.807, 2.05) is 18.2 Å². The van der Waals surface area contributed by atoms with Crippen LogP contribution in [-0.4, -0.2) is 11.6 Å². The Hall–Kier alpha value is -3.78. The van der Waals surface area contributed by atoms with Crippen molar-refractivity contribution in [3.05, 3.63) is 118 Å². The minimum atomic E-state index is -0.0892. The first kappa shape index (κ1) is 20.1. The minimum Gasteiger partial charge on any atom is -0.289 e. The van der Waals surface area contributed by atoms with Gasteiger partial charge in [-0.25, -0.2) is 0 Å². The zero-order valence-electron chi connectivity index (χ0n) is 18.3. The molecule has 0 heterocycles. The smallest absolute Gasteiger partial charge is 0.195 e. The Bertz CT molecular complexity index is 1340. The number of ketones is 2. The molecule has 0 aliphatic heterocycles.